The second-order valence-corrected chi connectivity index (χ2v) is 6.41. The first-order valence-electron chi connectivity index (χ1n) is 7.11. The zero-order valence-electron chi connectivity index (χ0n) is 13.0. The summed E-state index contributed by atoms with van der Waals surface area (Å²) in [6.07, 6.45) is 0.779. The fourth-order valence-corrected chi connectivity index (χ4v) is 3.75. The molecule has 5 heteroatoms. The highest BCUT2D eigenvalue weighted by Crippen LogP contribution is 2.48. The summed E-state index contributed by atoms with van der Waals surface area (Å²) >= 11 is 1.59. The molecule has 22 heavy (non-hydrogen) atoms. The normalized spacial score (nSPS) is 21.6. The van der Waals surface area contributed by atoms with E-state index >= 15 is 0 Å². The standard InChI is InChI=1S/C17H20O4S/c1-12-9-17(15(18)20-2,16(19)21-3)10-13(12)11-22-14-7-5-4-6-8-14/h4-8,11-12H,9-10H2,1-3H3/b13-11-. The molecule has 2 rings (SSSR count). The highest BCUT2D eigenvalue weighted by atomic mass is 32.2. The van der Waals surface area contributed by atoms with Crippen LogP contribution in [0.25, 0.3) is 0 Å². The van der Waals surface area contributed by atoms with Gasteiger partial charge in [0.15, 0.2) is 5.41 Å². The fraction of sp³-hybridized carbons (Fsp3) is 0.412. The SMILES string of the molecule is COC(=O)C1(C(=O)OC)C/C(=C/Sc2ccccc2)C(C)C1. The molecule has 1 aromatic carbocycles. The summed E-state index contributed by atoms with van der Waals surface area (Å²) in [7, 11) is 2.61. The summed E-state index contributed by atoms with van der Waals surface area (Å²) in [4.78, 5) is 25.4. The molecule has 1 aliphatic carbocycles. The number of hydrogen-bond donors (Lipinski definition) is 0. The van der Waals surface area contributed by atoms with Gasteiger partial charge in [-0.3, -0.25) is 9.59 Å². The van der Waals surface area contributed by atoms with Crippen LogP contribution in [0.1, 0.15) is 19.8 Å². The Balaban J connectivity index is 2.22. The van der Waals surface area contributed by atoms with Gasteiger partial charge in [0.2, 0.25) is 0 Å². The van der Waals surface area contributed by atoms with Gasteiger partial charge in [0, 0.05) is 4.90 Å². The summed E-state index contributed by atoms with van der Waals surface area (Å²) in [6, 6.07) is 9.97. The zero-order chi connectivity index (χ0) is 16.2. The van der Waals surface area contributed by atoms with Crippen molar-refractivity contribution in [3.63, 3.8) is 0 Å². The Morgan fingerprint density at radius 3 is 2.32 bits per heavy atom. The van der Waals surface area contributed by atoms with E-state index in [2.05, 4.69) is 0 Å². The molecule has 0 heterocycles. The molecule has 1 unspecified atom stereocenters. The molecule has 0 saturated heterocycles. The van der Waals surface area contributed by atoms with Crippen molar-refractivity contribution in [3.8, 4) is 0 Å². The van der Waals surface area contributed by atoms with Crippen LogP contribution in [0, 0.1) is 11.3 Å². The number of rotatable bonds is 4. The number of carbonyl (C=O) groups excluding carboxylic acids is 2. The Morgan fingerprint density at radius 2 is 1.77 bits per heavy atom. The highest BCUT2D eigenvalue weighted by Gasteiger charge is 2.54. The molecule has 0 bridgehead atoms. The van der Waals surface area contributed by atoms with E-state index in [0.29, 0.717) is 12.8 Å². The van der Waals surface area contributed by atoms with Gasteiger partial charge >= 0.3 is 11.9 Å². The topological polar surface area (TPSA) is 52.6 Å². The van der Waals surface area contributed by atoms with E-state index in [1.54, 1.807) is 11.8 Å². The minimum absolute atomic E-state index is 0.134. The van der Waals surface area contributed by atoms with Crippen LogP contribution in [0.5, 0.6) is 0 Å². The molecule has 0 amide bonds. The Kier molecular flexibility index (Phi) is 5.29. The third-order valence-electron chi connectivity index (χ3n) is 4.04. The summed E-state index contributed by atoms with van der Waals surface area (Å²) < 4.78 is 9.69. The molecular formula is C17H20O4S. The molecule has 0 N–H and O–H groups in total. The van der Waals surface area contributed by atoms with Gasteiger partial charge in [0.05, 0.1) is 14.2 Å². The van der Waals surface area contributed by atoms with Crippen molar-refractivity contribution in [1.29, 1.82) is 0 Å². The maximum absolute atomic E-state index is 12.1. The van der Waals surface area contributed by atoms with E-state index < -0.39 is 17.4 Å². The van der Waals surface area contributed by atoms with E-state index in [1.165, 1.54) is 14.2 Å². The number of carbonyl (C=O) groups is 2. The van der Waals surface area contributed by atoms with Gasteiger partial charge < -0.3 is 9.47 Å². The van der Waals surface area contributed by atoms with Crippen LogP contribution >= 0.6 is 11.8 Å². The summed E-state index contributed by atoms with van der Waals surface area (Å²) in [5.74, 6) is -0.895. The van der Waals surface area contributed by atoms with Crippen LogP contribution in [-0.2, 0) is 19.1 Å². The van der Waals surface area contributed by atoms with E-state index in [0.717, 1.165) is 10.5 Å². The van der Waals surface area contributed by atoms with Crippen molar-refractivity contribution >= 4 is 23.7 Å². The van der Waals surface area contributed by atoms with Crippen molar-refractivity contribution in [2.45, 2.75) is 24.7 Å². The summed E-state index contributed by atoms with van der Waals surface area (Å²) in [5.41, 5.74) is -0.129. The first kappa shape index (κ1) is 16.6. The number of methoxy groups -OCH3 is 2. The Labute approximate surface area is 134 Å². The van der Waals surface area contributed by atoms with Crippen molar-refractivity contribution in [1.82, 2.24) is 0 Å². The maximum Gasteiger partial charge on any atom is 0.323 e. The van der Waals surface area contributed by atoms with Crippen molar-refractivity contribution in [2.75, 3.05) is 14.2 Å². The molecule has 1 saturated carbocycles. The number of ether oxygens (including phenoxy) is 2. The number of esters is 2. The third kappa shape index (κ3) is 3.19. The molecule has 118 valence electrons. The molecule has 0 aromatic heterocycles. The fourth-order valence-electron chi connectivity index (χ4n) is 2.83. The van der Waals surface area contributed by atoms with Crippen LogP contribution in [0.2, 0.25) is 0 Å². The van der Waals surface area contributed by atoms with Crippen LogP contribution in [0.15, 0.2) is 46.2 Å². The quantitative estimate of drug-likeness (QED) is 0.483. The smallest absolute Gasteiger partial charge is 0.323 e. The van der Waals surface area contributed by atoms with Crippen LogP contribution in [0.4, 0.5) is 0 Å². The second-order valence-electron chi connectivity index (χ2n) is 5.47. The minimum Gasteiger partial charge on any atom is -0.468 e. The Bertz CT molecular complexity index is 564. The van der Waals surface area contributed by atoms with Crippen molar-refractivity contribution in [2.24, 2.45) is 11.3 Å². The van der Waals surface area contributed by atoms with Gasteiger partial charge in [-0.2, -0.15) is 0 Å². The monoisotopic (exact) mass is 320 g/mol. The molecule has 1 fully saturated rings. The molecule has 1 aromatic rings. The van der Waals surface area contributed by atoms with Gasteiger partial charge in [-0.05, 0) is 36.3 Å². The lowest BCUT2D eigenvalue weighted by molar-refractivity contribution is -0.168. The molecule has 0 spiro atoms. The molecule has 4 nitrogen and oxygen atoms in total. The largest absolute Gasteiger partial charge is 0.468 e. The Morgan fingerprint density at radius 1 is 1.18 bits per heavy atom. The summed E-state index contributed by atoms with van der Waals surface area (Å²) in [5, 5.41) is 2.04. The van der Waals surface area contributed by atoms with Crippen molar-refractivity contribution in [3.05, 3.63) is 41.3 Å². The molecule has 0 radical (unpaired) electrons. The van der Waals surface area contributed by atoms with Crippen LogP contribution in [-0.4, -0.2) is 26.2 Å². The van der Waals surface area contributed by atoms with Crippen LogP contribution < -0.4 is 0 Å². The van der Waals surface area contributed by atoms with Gasteiger partial charge in [-0.1, -0.05) is 42.5 Å². The number of benzene rings is 1. The molecule has 1 atom stereocenters. The lowest BCUT2D eigenvalue weighted by atomic mass is 9.85. The zero-order valence-corrected chi connectivity index (χ0v) is 13.8. The molecule has 0 aliphatic heterocycles. The van der Waals surface area contributed by atoms with Gasteiger partial charge in [0.1, 0.15) is 0 Å². The molecular weight excluding hydrogens is 300 g/mol. The lowest BCUT2D eigenvalue weighted by Crippen LogP contribution is -2.39. The lowest BCUT2D eigenvalue weighted by Gasteiger charge is -2.22. The first-order valence-corrected chi connectivity index (χ1v) is 7.99. The number of hydrogen-bond acceptors (Lipinski definition) is 5. The highest BCUT2D eigenvalue weighted by molar-refractivity contribution is 8.02. The van der Waals surface area contributed by atoms with E-state index in [4.69, 9.17) is 9.47 Å². The molecule has 1 aliphatic rings. The minimum atomic E-state index is -1.20. The third-order valence-corrected chi connectivity index (χ3v) is 5.00. The van der Waals surface area contributed by atoms with Gasteiger partial charge in [-0.15, -0.1) is 0 Å². The van der Waals surface area contributed by atoms with E-state index in [-0.39, 0.29) is 5.92 Å². The van der Waals surface area contributed by atoms with Gasteiger partial charge in [-0.25, -0.2) is 0 Å². The second kappa shape index (κ2) is 7.01. The predicted molar refractivity (Wildman–Crippen MR) is 85.2 cm³/mol. The first-order chi connectivity index (χ1) is 10.5. The van der Waals surface area contributed by atoms with Crippen molar-refractivity contribution < 1.29 is 19.1 Å². The Hall–Kier alpha value is -1.75. The van der Waals surface area contributed by atoms with E-state index in [9.17, 15) is 9.59 Å². The van der Waals surface area contributed by atoms with Gasteiger partial charge in [0.25, 0.3) is 0 Å². The van der Waals surface area contributed by atoms with E-state index in [1.807, 2.05) is 42.7 Å². The number of thioether (sulfide) groups is 1. The van der Waals surface area contributed by atoms with Crippen LogP contribution in [0.3, 0.4) is 0 Å². The summed E-state index contributed by atoms with van der Waals surface area (Å²) in [6.45, 7) is 2.02. The predicted octanol–water partition coefficient (Wildman–Crippen LogP) is 3.42. The number of allylic oxidation sites excluding steroid dienone is 1. The maximum atomic E-state index is 12.1. The average Bonchev–Trinajstić information content (AvgIpc) is 2.90. The average molecular weight is 320 g/mol.